The van der Waals surface area contributed by atoms with Crippen LogP contribution in [0.4, 0.5) is 8.78 Å². The van der Waals surface area contributed by atoms with Gasteiger partial charge in [0.05, 0.1) is 5.52 Å². The number of nitrogens with one attached hydrogen (secondary N) is 2. The molecule has 0 radical (unpaired) electrons. The number of halogens is 2. The zero-order valence-corrected chi connectivity index (χ0v) is 11.6. The van der Waals surface area contributed by atoms with E-state index in [0.29, 0.717) is 11.3 Å². The lowest BCUT2D eigenvalue weighted by Gasteiger charge is -2.06. The molecule has 0 aliphatic heterocycles. The van der Waals surface area contributed by atoms with E-state index in [9.17, 15) is 8.78 Å². The summed E-state index contributed by atoms with van der Waals surface area (Å²) in [7, 11) is 1.89. The van der Waals surface area contributed by atoms with E-state index in [1.807, 2.05) is 31.3 Å². The fourth-order valence-electron chi connectivity index (χ4n) is 2.40. The van der Waals surface area contributed by atoms with Gasteiger partial charge in [0.2, 0.25) is 0 Å². The summed E-state index contributed by atoms with van der Waals surface area (Å²) >= 11 is 0. The maximum absolute atomic E-state index is 13.7. The molecule has 0 aliphatic rings. The number of likely N-dealkylation sites (N-methyl/N-ethyl adjacent to an activating group) is 1. The highest BCUT2D eigenvalue weighted by atomic mass is 19.1. The molecule has 1 heterocycles. The molecule has 0 spiro atoms. The molecule has 0 saturated carbocycles. The molecule has 0 saturated heterocycles. The van der Waals surface area contributed by atoms with Crippen LogP contribution in [-0.4, -0.2) is 23.6 Å². The third-order valence-electron chi connectivity index (χ3n) is 3.42. The maximum atomic E-state index is 13.7. The number of benzene rings is 2. The van der Waals surface area contributed by atoms with Crippen molar-refractivity contribution in [1.29, 1.82) is 0 Å². The Labute approximate surface area is 121 Å². The number of rotatable bonds is 4. The van der Waals surface area contributed by atoms with Gasteiger partial charge >= 0.3 is 0 Å². The van der Waals surface area contributed by atoms with Crippen molar-refractivity contribution in [3.8, 4) is 11.4 Å². The lowest BCUT2D eigenvalue weighted by atomic mass is 10.0. The number of nitrogens with zero attached hydrogens (tertiary/aromatic N) is 1. The molecule has 0 atom stereocenters. The summed E-state index contributed by atoms with van der Waals surface area (Å²) < 4.78 is 27.0. The zero-order valence-electron chi connectivity index (χ0n) is 11.6. The number of hydrogen-bond donors (Lipinski definition) is 2. The summed E-state index contributed by atoms with van der Waals surface area (Å²) in [4.78, 5) is 7.27. The van der Waals surface area contributed by atoms with E-state index in [4.69, 9.17) is 0 Å². The average Bonchev–Trinajstić information content (AvgIpc) is 2.89. The number of hydrogen-bond acceptors (Lipinski definition) is 2. The predicted octanol–water partition coefficient (Wildman–Crippen LogP) is 3.27. The van der Waals surface area contributed by atoms with Crippen LogP contribution in [0.2, 0.25) is 0 Å². The first-order valence-corrected chi connectivity index (χ1v) is 6.76. The molecule has 0 bridgehead atoms. The van der Waals surface area contributed by atoms with Crippen LogP contribution >= 0.6 is 0 Å². The van der Waals surface area contributed by atoms with Gasteiger partial charge in [-0.25, -0.2) is 13.8 Å². The highest BCUT2D eigenvalue weighted by Crippen LogP contribution is 2.26. The van der Waals surface area contributed by atoms with E-state index in [1.165, 1.54) is 6.07 Å². The number of H-pyrrole nitrogens is 1. The van der Waals surface area contributed by atoms with Gasteiger partial charge in [0.25, 0.3) is 0 Å². The molecule has 2 aromatic carbocycles. The Bertz CT molecular complexity index is 780. The van der Waals surface area contributed by atoms with Gasteiger partial charge < -0.3 is 10.3 Å². The Balaban J connectivity index is 2.10. The van der Waals surface area contributed by atoms with Crippen LogP contribution in [0.15, 0.2) is 36.4 Å². The molecule has 108 valence electrons. The first-order valence-electron chi connectivity index (χ1n) is 6.76. The Kier molecular flexibility index (Phi) is 3.66. The number of fused-ring (bicyclic) bond motifs is 1. The fraction of sp³-hybridized carbons (Fsp3) is 0.188. The molecule has 5 heteroatoms. The summed E-state index contributed by atoms with van der Waals surface area (Å²) in [5.74, 6) is -0.708. The van der Waals surface area contributed by atoms with E-state index < -0.39 is 11.6 Å². The molecule has 0 aliphatic carbocycles. The largest absolute Gasteiger partial charge is 0.338 e. The molecule has 0 unspecified atom stereocenters. The quantitative estimate of drug-likeness (QED) is 0.773. The number of imidazole rings is 1. The first kappa shape index (κ1) is 13.7. The van der Waals surface area contributed by atoms with E-state index in [2.05, 4.69) is 15.3 Å². The summed E-state index contributed by atoms with van der Waals surface area (Å²) in [6.45, 7) is 0.834. The molecule has 0 amide bonds. The molecule has 3 aromatic rings. The molecular formula is C16H15F2N3. The second-order valence-electron chi connectivity index (χ2n) is 4.88. The Morgan fingerprint density at radius 3 is 2.81 bits per heavy atom. The van der Waals surface area contributed by atoms with E-state index in [0.717, 1.165) is 30.2 Å². The summed E-state index contributed by atoms with van der Waals surface area (Å²) in [6.07, 6.45) is 0.834. The van der Waals surface area contributed by atoms with Crippen LogP contribution in [0, 0.1) is 11.6 Å². The van der Waals surface area contributed by atoms with Gasteiger partial charge in [0.15, 0.2) is 5.82 Å². The van der Waals surface area contributed by atoms with Gasteiger partial charge in [-0.2, -0.15) is 0 Å². The zero-order chi connectivity index (χ0) is 14.8. The Morgan fingerprint density at radius 2 is 2.00 bits per heavy atom. The molecule has 0 fully saturated rings. The monoisotopic (exact) mass is 287 g/mol. The lowest BCUT2D eigenvalue weighted by Crippen LogP contribution is -2.10. The maximum Gasteiger partial charge on any atom is 0.153 e. The van der Waals surface area contributed by atoms with Crippen LogP contribution < -0.4 is 5.32 Å². The Hall–Kier alpha value is -2.27. The normalized spacial score (nSPS) is 11.2. The van der Waals surface area contributed by atoms with Crippen molar-refractivity contribution >= 4 is 11.0 Å². The van der Waals surface area contributed by atoms with Crippen molar-refractivity contribution in [1.82, 2.24) is 15.3 Å². The summed E-state index contributed by atoms with van der Waals surface area (Å²) in [6, 6.07) is 9.90. The van der Waals surface area contributed by atoms with Crippen molar-refractivity contribution in [3.05, 3.63) is 53.6 Å². The second kappa shape index (κ2) is 5.61. The van der Waals surface area contributed by atoms with E-state index >= 15 is 0 Å². The highest BCUT2D eigenvalue weighted by Gasteiger charge is 2.13. The molecule has 2 N–H and O–H groups in total. The van der Waals surface area contributed by atoms with Gasteiger partial charge in [-0.15, -0.1) is 0 Å². The van der Waals surface area contributed by atoms with Crippen molar-refractivity contribution in [3.63, 3.8) is 0 Å². The summed E-state index contributed by atoms with van der Waals surface area (Å²) in [5, 5.41) is 3.10. The minimum atomic E-state index is -0.653. The van der Waals surface area contributed by atoms with Crippen molar-refractivity contribution in [2.75, 3.05) is 13.6 Å². The molecular weight excluding hydrogens is 272 g/mol. The van der Waals surface area contributed by atoms with Crippen LogP contribution in [0.3, 0.4) is 0 Å². The molecule has 3 rings (SSSR count). The van der Waals surface area contributed by atoms with Gasteiger partial charge in [-0.1, -0.05) is 24.3 Å². The minimum Gasteiger partial charge on any atom is -0.338 e. The van der Waals surface area contributed by atoms with Gasteiger partial charge in [0.1, 0.15) is 17.2 Å². The molecule has 3 nitrogen and oxygen atoms in total. The van der Waals surface area contributed by atoms with Gasteiger partial charge in [0, 0.05) is 11.6 Å². The standard InChI is InChI=1S/C16H15F2N3/c1-19-7-6-10-4-2-3-5-12(10)16-20-14-9-11(17)8-13(18)15(14)21-16/h2-5,8-9,19H,6-7H2,1H3,(H,20,21). The van der Waals surface area contributed by atoms with Gasteiger partial charge in [-0.3, -0.25) is 0 Å². The van der Waals surface area contributed by atoms with E-state index in [1.54, 1.807) is 0 Å². The van der Waals surface area contributed by atoms with Crippen molar-refractivity contribution in [2.24, 2.45) is 0 Å². The highest BCUT2D eigenvalue weighted by molar-refractivity contribution is 5.80. The topological polar surface area (TPSA) is 40.7 Å². The fourth-order valence-corrected chi connectivity index (χ4v) is 2.40. The average molecular weight is 287 g/mol. The van der Waals surface area contributed by atoms with Crippen LogP contribution in [0.5, 0.6) is 0 Å². The summed E-state index contributed by atoms with van der Waals surface area (Å²) in [5.41, 5.74) is 2.54. The lowest BCUT2D eigenvalue weighted by molar-refractivity contribution is 0.591. The third kappa shape index (κ3) is 2.64. The van der Waals surface area contributed by atoms with Crippen LogP contribution in [-0.2, 0) is 6.42 Å². The van der Waals surface area contributed by atoms with Gasteiger partial charge in [-0.05, 0) is 31.6 Å². The van der Waals surface area contributed by atoms with E-state index in [-0.39, 0.29) is 5.52 Å². The predicted molar refractivity (Wildman–Crippen MR) is 79.1 cm³/mol. The first-order chi connectivity index (χ1) is 10.2. The van der Waals surface area contributed by atoms with Crippen LogP contribution in [0.25, 0.3) is 22.4 Å². The Morgan fingerprint density at radius 1 is 1.19 bits per heavy atom. The second-order valence-corrected chi connectivity index (χ2v) is 4.88. The van der Waals surface area contributed by atoms with Crippen molar-refractivity contribution < 1.29 is 8.78 Å². The third-order valence-corrected chi connectivity index (χ3v) is 3.42. The minimum absolute atomic E-state index is 0.162. The SMILES string of the molecule is CNCCc1ccccc1-c1nc2c(F)cc(F)cc2[nH]1. The van der Waals surface area contributed by atoms with Crippen LogP contribution in [0.1, 0.15) is 5.56 Å². The molecule has 1 aromatic heterocycles. The van der Waals surface area contributed by atoms with Crippen molar-refractivity contribution in [2.45, 2.75) is 6.42 Å². The number of aromatic amines is 1. The molecule has 21 heavy (non-hydrogen) atoms. The smallest absolute Gasteiger partial charge is 0.153 e. The number of aromatic nitrogens is 2.